The van der Waals surface area contributed by atoms with Gasteiger partial charge in [0.1, 0.15) is 11.9 Å². The van der Waals surface area contributed by atoms with Crippen molar-refractivity contribution < 1.29 is 14.2 Å². The third kappa shape index (κ3) is 3.07. The molecule has 0 bridgehead atoms. The standard InChI is InChI=1S/C14H21NO3/c1-4-15-8-14(10(2)3)18-11-5-6-12-13(7-11)17-9-16-12/h5-7,10,14-15H,4,8-9H2,1-3H3. The second-order valence-electron chi connectivity index (χ2n) is 4.72. The Balaban J connectivity index is 2.02. The van der Waals surface area contributed by atoms with E-state index in [2.05, 4.69) is 26.1 Å². The second kappa shape index (κ2) is 5.96. The van der Waals surface area contributed by atoms with Crippen molar-refractivity contribution in [1.29, 1.82) is 0 Å². The molecule has 0 aliphatic carbocycles. The first-order valence-electron chi connectivity index (χ1n) is 6.47. The lowest BCUT2D eigenvalue weighted by Crippen LogP contribution is -2.35. The maximum atomic E-state index is 6.01. The Morgan fingerprint density at radius 1 is 1.28 bits per heavy atom. The molecule has 0 aromatic heterocycles. The molecule has 0 spiro atoms. The first-order valence-corrected chi connectivity index (χ1v) is 6.47. The highest BCUT2D eigenvalue weighted by Gasteiger charge is 2.18. The summed E-state index contributed by atoms with van der Waals surface area (Å²) in [7, 11) is 0. The van der Waals surface area contributed by atoms with Gasteiger partial charge in [-0.15, -0.1) is 0 Å². The van der Waals surface area contributed by atoms with Crippen LogP contribution in [0.1, 0.15) is 20.8 Å². The maximum absolute atomic E-state index is 6.01. The fraction of sp³-hybridized carbons (Fsp3) is 0.571. The van der Waals surface area contributed by atoms with Crippen LogP contribution in [0.15, 0.2) is 18.2 Å². The number of nitrogens with one attached hydrogen (secondary N) is 1. The van der Waals surface area contributed by atoms with E-state index in [1.807, 2.05) is 18.2 Å². The summed E-state index contributed by atoms with van der Waals surface area (Å²) >= 11 is 0. The largest absolute Gasteiger partial charge is 0.489 e. The Kier molecular flexibility index (Phi) is 4.31. The minimum atomic E-state index is 0.158. The van der Waals surface area contributed by atoms with Gasteiger partial charge in [0.2, 0.25) is 6.79 Å². The molecule has 1 heterocycles. The van der Waals surface area contributed by atoms with Gasteiger partial charge in [0.25, 0.3) is 0 Å². The Labute approximate surface area is 108 Å². The van der Waals surface area contributed by atoms with E-state index < -0.39 is 0 Å². The van der Waals surface area contributed by atoms with E-state index in [-0.39, 0.29) is 6.10 Å². The topological polar surface area (TPSA) is 39.7 Å². The van der Waals surface area contributed by atoms with Gasteiger partial charge in [0, 0.05) is 12.6 Å². The highest BCUT2D eigenvalue weighted by Crippen LogP contribution is 2.35. The zero-order chi connectivity index (χ0) is 13.0. The van der Waals surface area contributed by atoms with Crippen molar-refractivity contribution in [2.75, 3.05) is 19.9 Å². The van der Waals surface area contributed by atoms with E-state index in [1.165, 1.54) is 0 Å². The van der Waals surface area contributed by atoms with Crippen LogP contribution in [0.3, 0.4) is 0 Å². The summed E-state index contributed by atoms with van der Waals surface area (Å²) in [6.07, 6.45) is 0.158. The average Bonchev–Trinajstić information content (AvgIpc) is 2.81. The normalized spacial score (nSPS) is 14.9. The van der Waals surface area contributed by atoms with Crippen molar-refractivity contribution in [3.8, 4) is 17.2 Å². The van der Waals surface area contributed by atoms with Gasteiger partial charge in [0.05, 0.1) is 0 Å². The number of likely N-dealkylation sites (N-methyl/N-ethyl adjacent to an activating group) is 1. The van der Waals surface area contributed by atoms with Crippen LogP contribution in [0.5, 0.6) is 17.2 Å². The molecule has 0 saturated heterocycles. The minimum absolute atomic E-state index is 0.158. The molecule has 1 aromatic carbocycles. The van der Waals surface area contributed by atoms with E-state index in [4.69, 9.17) is 14.2 Å². The quantitative estimate of drug-likeness (QED) is 0.843. The van der Waals surface area contributed by atoms with Gasteiger partial charge in [0.15, 0.2) is 11.5 Å². The molecule has 0 saturated carbocycles. The Morgan fingerprint density at radius 3 is 2.78 bits per heavy atom. The molecular formula is C14H21NO3. The van der Waals surface area contributed by atoms with Crippen LogP contribution in [0.25, 0.3) is 0 Å². The average molecular weight is 251 g/mol. The van der Waals surface area contributed by atoms with Crippen molar-refractivity contribution in [2.45, 2.75) is 26.9 Å². The molecule has 1 atom stereocenters. The van der Waals surface area contributed by atoms with Gasteiger partial charge in [-0.05, 0) is 24.6 Å². The molecule has 4 nitrogen and oxygen atoms in total. The molecule has 0 amide bonds. The predicted molar refractivity (Wildman–Crippen MR) is 70.4 cm³/mol. The SMILES string of the molecule is CCNCC(Oc1ccc2c(c1)OCO2)C(C)C. The third-order valence-electron chi connectivity index (χ3n) is 2.97. The second-order valence-corrected chi connectivity index (χ2v) is 4.72. The molecule has 1 N–H and O–H groups in total. The molecule has 1 aliphatic rings. The molecule has 0 radical (unpaired) electrons. The van der Waals surface area contributed by atoms with Crippen LogP contribution in [-0.2, 0) is 0 Å². The van der Waals surface area contributed by atoms with E-state index in [9.17, 15) is 0 Å². The summed E-state index contributed by atoms with van der Waals surface area (Å²) < 4.78 is 16.6. The molecule has 18 heavy (non-hydrogen) atoms. The summed E-state index contributed by atoms with van der Waals surface area (Å²) in [4.78, 5) is 0. The zero-order valence-corrected chi connectivity index (χ0v) is 11.2. The fourth-order valence-corrected chi connectivity index (χ4v) is 1.83. The number of fused-ring (bicyclic) bond motifs is 1. The minimum Gasteiger partial charge on any atom is -0.489 e. The van der Waals surface area contributed by atoms with E-state index in [0.29, 0.717) is 12.7 Å². The molecular weight excluding hydrogens is 230 g/mol. The highest BCUT2D eigenvalue weighted by atomic mass is 16.7. The van der Waals surface area contributed by atoms with Crippen molar-refractivity contribution in [3.63, 3.8) is 0 Å². The van der Waals surface area contributed by atoms with E-state index in [0.717, 1.165) is 30.3 Å². The lowest BCUT2D eigenvalue weighted by Gasteiger charge is -2.23. The van der Waals surface area contributed by atoms with Crippen LogP contribution < -0.4 is 19.5 Å². The zero-order valence-electron chi connectivity index (χ0n) is 11.2. The number of rotatable bonds is 6. The van der Waals surface area contributed by atoms with Crippen LogP contribution in [0, 0.1) is 5.92 Å². The van der Waals surface area contributed by atoms with Gasteiger partial charge in [-0.3, -0.25) is 0 Å². The highest BCUT2D eigenvalue weighted by molar-refractivity contribution is 5.46. The van der Waals surface area contributed by atoms with Crippen molar-refractivity contribution in [1.82, 2.24) is 5.32 Å². The van der Waals surface area contributed by atoms with Crippen molar-refractivity contribution in [3.05, 3.63) is 18.2 Å². The fourth-order valence-electron chi connectivity index (χ4n) is 1.83. The molecule has 1 aliphatic heterocycles. The number of ether oxygens (including phenoxy) is 3. The first-order chi connectivity index (χ1) is 8.70. The Bertz CT molecular complexity index is 393. The van der Waals surface area contributed by atoms with E-state index in [1.54, 1.807) is 0 Å². The molecule has 100 valence electrons. The number of benzene rings is 1. The van der Waals surface area contributed by atoms with E-state index >= 15 is 0 Å². The van der Waals surface area contributed by atoms with Gasteiger partial charge in [-0.1, -0.05) is 20.8 Å². The molecule has 2 rings (SSSR count). The van der Waals surface area contributed by atoms with Crippen molar-refractivity contribution >= 4 is 0 Å². The Hall–Kier alpha value is -1.42. The van der Waals surface area contributed by atoms with Crippen LogP contribution >= 0.6 is 0 Å². The molecule has 4 heteroatoms. The maximum Gasteiger partial charge on any atom is 0.231 e. The van der Waals surface area contributed by atoms with Crippen LogP contribution in [-0.4, -0.2) is 26.0 Å². The van der Waals surface area contributed by atoms with Gasteiger partial charge in [-0.2, -0.15) is 0 Å². The lowest BCUT2D eigenvalue weighted by molar-refractivity contribution is 0.149. The number of hydrogen-bond donors (Lipinski definition) is 1. The monoisotopic (exact) mass is 251 g/mol. The summed E-state index contributed by atoms with van der Waals surface area (Å²) in [5.41, 5.74) is 0. The molecule has 1 aromatic rings. The Morgan fingerprint density at radius 2 is 2.06 bits per heavy atom. The van der Waals surface area contributed by atoms with Gasteiger partial charge >= 0.3 is 0 Å². The van der Waals surface area contributed by atoms with Crippen LogP contribution in [0.2, 0.25) is 0 Å². The summed E-state index contributed by atoms with van der Waals surface area (Å²) in [6, 6.07) is 5.71. The molecule has 0 fully saturated rings. The smallest absolute Gasteiger partial charge is 0.231 e. The summed E-state index contributed by atoms with van der Waals surface area (Å²) in [6.45, 7) is 8.52. The lowest BCUT2D eigenvalue weighted by atomic mass is 10.1. The molecule has 1 unspecified atom stereocenters. The van der Waals surface area contributed by atoms with Gasteiger partial charge in [-0.25, -0.2) is 0 Å². The first kappa shape index (κ1) is 13.0. The third-order valence-corrected chi connectivity index (χ3v) is 2.97. The van der Waals surface area contributed by atoms with Gasteiger partial charge < -0.3 is 19.5 Å². The summed E-state index contributed by atoms with van der Waals surface area (Å²) in [5, 5.41) is 3.32. The predicted octanol–water partition coefficient (Wildman–Crippen LogP) is 2.43. The number of hydrogen-bond acceptors (Lipinski definition) is 4. The summed E-state index contributed by atoms with van der Waals surface area (Å²) in [5.74, 6) is 2.83. The van der Waals surface area contributed by atoms with Crippen molar-refractivity contribution in [2.24, 2.45) is 5.92 Å². The van der Waals surface area contributed by atoms with Crippen LogP contribution in [0.4, 0.5) is 0 Å².